The molecule has 54 heavy (non-hydrogen) atoms. The standard InChI is InChI=1S/C47H31N5OS/c1-3-4-6-14-29(2)44-49-45(30-15-7-5-8-16-30)51-46(50-44)31-23-24-41-38(26-31)48-47(53-41)32-17-13-18-33(25-32)52-39-21-11-9-19-34(39)36-27-37-35-20-10-12-22-42(35)54-43(37)28-40(36)52/h3-28H,1H2,2H3/b6-4-,29-14+. The fraction of sp³-hybridized carbons (Fsp3) is 0.0213. The van der Waals surface area contributed by atoms with Crippen LogP contribution in [0.15, 0.2) is 169 Å². The summed E-state index contributed by atoms with van der Waals surface area (Å²) in [6.45, 7) is 5.76. The third kappa shape index (κ3) is 5.41. The van der Waals surface area contributed by atoms with Crippen molar-refractivity contribution in [2.45, 2.75) is 6.92 Å². The topological polar surface area (TPSA) is 69.6 Å². The molecular formula is C47H31N5OS. The molecule has 0 aliphatic carbocycles. The van der Waals surface area contributed by atoms with Crippen LogP contribution >= 0.6 is 11.3 Å². The van der Waals surface area contributed by atoms with Crippen LogP contribution in [0.2, 0.25) is 0 Å². The molecule has 10 aromatic rings. The van der Waals surface area contributed by atoms with Gasteiger partial charge in [-0.25, -0.2) is 19.9 Å². The summed E-state index contributed by atoms with van der Waals surface area (Å²) in [5.74, 6) is 2.31. The number of hydrogen-bond donors (Lipinski definition) is 0. The number of benzene rings is 6. The number of para-hydroxylation sites is 1. The predicted octanol–water partition coefficient (Wildman–Crippen LogP) is 12.6. The molecule has 10 rings (SSSR count). The van der Waals surface area contributed by atoms with Crippen molar-refractivity contribution in [2.24, 2.45) is 0 Å². The average Bonchev–Trinajstić information content (AvgIpc) is 3.91. The van der Waals surface area contributed by atoms with Gasteiger partial charge in [0.05, 0.1) is 11.0 Å². The smallest absolute Gasteiger partial charge is 0.227 e. The van der Waals surface area contributed by atoms with Crippen molar-refractivity contribution >= 4 is 70.0 Å². The molecule has 0 saturated carbocycles. The fourth-order valence-electron chi connectivity index (χ4n) is 7.18. The number of aromatic nitrogens is 5. The van der Waals surface area contributed by atoms with Gasteiger partial charge in [-0.3, -0.25) is 0 Å². The summed E-state index contributed by atoms with van der Waals surface area (Å²) in [6.07, 6.45) is 7.52. The van der Waals surface area contributed by atoms with Crippen LogP contribution in [0.5, 0.6) is 0 Å². The van der Waals surface area contributed by atoms with Gasteiger partial charge in [0.1, 0.15) is 5.52 Å². The number of allylic oxidation sites excluding steroid dienone is 5. The largest absolute Gasteiger partial charge is 0.436 e. The van der Waals surface area contributed by atoms with E-state index in [0.29, 0.717) is 28.9 Å². The summed E-state index contributed by atoms with van der Waals surface area (Å²) in [7, 11) is 0. The highest BCUT2D eigenvalue weighted by Crippen LogP contribution is 2.41. The van der Waals surface area contributed by atoms with Gasteiger partial charge in [-0.15, -0.1) is 11.3 Å². The normalized spacial score (nSPS) is 12.3. The average molecular weight is 714 g/mol. The third-order valence-corrected chi connectivity index (χ3v) is 10.9. The number of rotatable bonds is 7. The van der Waals surface area contributed by atoms with Crippen molar-refractivity contribution in [1.82, 2.24) is 24.5 Å². The highest BCUT2D eigenvalue weighted by atomic mass is 32.1. The fourth-order valence-corrected chi connectivity index (χ4v) is 8.31. The van der Waals surface area contributed by atoms with Gasteiger partial charge in [0.25, 0.3) is 0 Å². The first-order valence-corrected chi connectivity index (χ1v) is 18.6. The van der Waals surface area contributed by atoms with Gasteiger partial charge in [-0.1, -0.05) is 104 Å². The maximum Gasteiger partial charge on any atom is 0.227 e. The second-order valence-electron chi connectivity index (χ2n) is 13.2. The van der Waals surface area contributed by atoms with Crippen LogP contribution in [-0.2, 0) is 0 Å². The maximum atomic E-state index is 6.40. The number of thiophene rings is 1. The van der Waals surface area contributed by atoms with Crippen LogP contribution in [0.3, 0.4) is 0 Å². The molecule has 0 radical (unpaired) electrons. The predicted molar refractivity (Wildman–Crippen MR) is 224 cm³/mol. The Balaban J connectivity index is 1.07. The SMILES string of the molecule is C=C/C=C\C=C(/C)c1nc(-c2ccccc2)nc(-c2ccc3oc(-c4cccc(-n5c6ccccc6c6cc7c(cc65)sc5ccccc57)c4)nc3c2)n1. The van der Waals surface area contributed by atoms with Gasteiger partial charge < -0.3 is 8.98 Å². The Hall–Kier alpha value is -6.96. The van der Waals surface area contributed by atoms with Gasteiger partial charge in [-0.05, 0) is 73.2 Å². The van der Waals surface area contributed by atoms with E-state index in [4.69, 9.17) is 24.4 Å². The first-order valence-electron chi connectivity index (χ1n) is 17.8. The zero-order chi connectivity index (χ0) is 36.2. The van der Waals surface area contributed by atoms with E-state index in [1.807, 2.05) is 91.1 Å². The van der Waals surface area contributed by atoms with Gasteiger partial charge >= 0.3 is 0 Å². The Morgan fingerprint density at radius 2 is 1.39 bits per heavy atom. The minimum absolute atomic E-state index is 0.547. The molecule has 4 heterocycles. The van der Waals surface area contributed by atoms with Crippen molar-refractivity contribution in [1.29, 1.82) is 0 Å². The molecule has 6 nitrogen and oxygen atoms in total. The highest BCUT2D eigenvalue weighted by molar-refractivity contribution is 7.25. The molecule has 7 heteroatoms. The summed E-state index contributed by atoms with van der Waals surface area (Å²) in [5.41, 5.74) is 8.32. The van der Waals surface area contributed by atoms with Gasteiger partial charge in [0.2, 0.25) is 5.89 Å². The lowest BCUT2D eigenvalue weighted by Gasteiger charge is -2.09. The second kappa shape index (κ2) is 12.9. The minimum atomic E-state index is 0.547. The van der Waals surface area contributed by atoms with Crippen LogP contribution in [0.25, 0.3) is 98.6 Å². The Kier molecular flexibility index (Phi) is 7.59. The van der Waals surface area contributed by atoms with E-state index >= 15 is 0 Å². The number of nitrogens with zero attached hydrogens (tertiary/aromatic N) is 5. The van der Waals surface area contributed by atoms with E-state index in [2.05, 4.69) is 90.0 Å². The first kappa shape index (κ1) is 31.7. The monoisotopic (exact) mass is 713 g/mol. The van der Waals surface area contributed by atoms with Crippen LogP contribution in [0, 0.1) is 0 Å². The van der Waals surface area contributed by atoms with Gasteiger partial charge in [0, 0.05) is 53.3 Å². The Bertz CT molecular complexity index is 3150. The molecule has 256 valence electrons. The molecule has 0 aliphatic heterocycles. The molecule has 0 amide bonds. The van der Waals surface area contributed by atoms with E-state index < -0.39 is 0 Å². The Morgan fingerprint density at radius 3 is 2.26 bits per heavy atom. The zero-order valence-corrected chi connectivity index (χ0v) is 30.1. The molecule has 0 unspecified atom stereocenters. The first-order chi connectivity index (χ1) is 26.6. The zero-order valence-electron chi connectivity index (χ0n) is 29.3. The van der Waals surface area contributed by atoms with E-state index in [-0.39, 0.29) is 0 Å². The summed E-state index contributed by atoms with van der Waals surface area (Å²) in [6, 6.07) is 46.3. The van der Waals surface area contributed by atoms with Gasteiger partial charge in [-0.2, -0.15) is 0 Å². The number of hydrogen-bond acceptors (Lipinski definition) is 6. The van der Waals surface area contributed by atoms with E-state index in [1.54, 1.807) is 6.08 Å². The molecule has 6 aromatic carbocycles. The molecule has 0 aliphatic rings. The minimum Gasteiger partial charge on any atom is -0.436 e. The second-order valence-corrected chi connectivity index (χ2v) is 14.3. The van der Waals surface area contributed by atoms with Crippen LogP contribution in [0.1, 0.15) is 12.7 Å². The number of oxazole rings is 1. The molecule has 0 atom stereocenters. The van der Waals surface area contributed by atoms with Crippen molar-refractivity contribution in [3.63, 3.8) is 0 Å². The number of fused-ring (bicyclic) bond motifs is 7. The van der Waals surface area contributed by atoms with Crippen molar-refractivity contribution in [2.75, 3.05) is 0 Å². The maximum absolute atomic E-state index is 6.40. The lowest BCUT2D eigenvalue weighted by atomic mass is 10.1. The molecule has 0 N–H and O–H groups in total. The molecule has 0 saturated heterocycles. The lowest BCUT2D eigenvalue weighted by molar-refractivity contribution is 0.620. The van der Waals surface area contributed by atoms with E-state index in [1.165, 1.54) is 36.5 Å². The van der Waals surface area contributed by atoms with Crippen molar-refractivity contribution in [3.8, 4) is 39.9 Å². The lowest BCUT2D eigenvalue weighted by Crippen LogP contribution is -2.01. The summed E-state index contributed by atoms with van der Waals surface area (Å²) in [4.78, 5) is 19.6. The van der Waals surface area contributed by atoms with Crippen molar-refractivity contribution in [3.05, 3.63) is 170 Å². The van der Waals surface area contributed by atoms with Crippen LogP contribution in [-0.4, -0.2) is 24.5 Å². The summed E-state index contributed by atoms with van der Waals surface area (Å²) in [5, 5.41) is 5.05. The van der Waals surface area contributed by atoms with Crippen molar-refractivity contribution < 1.29 is 4.42 Å². The van der Waals surface area contributed by atoms with E-state index in [9.17, 15) is 0 Å². The quantitative estimate of drug-likeness (QED) is 0.154. The summed E-state index contributed by atoms with van der Waals surface area (Å²) >= 11 is 1.84. The van der Waals surface area contributed by atoms with Crippen LogP contribution in [0.4, 0.5) is 0 Å². The molecule has 4 aromatic heterocycles. The molecule has 0 fully saturated rings. The molecule has 0 bridgehead atoms. The highest BCUT2D eigenvalue weighted by Gasteiger charge is 2.18. The van der Waals surface area contributed by atoms with E-state index in [0.717, 1.165) is 39.0 Å². The Labute approximate surface area is 314 Å². The third-order valence-electron chi connectivity index (χ3n) is 9.78. The van der Waals surface area contributed by atoms with Crippen LogP contribution < -0.4 is 0 Å². The molecular weight excluding hydrogens is 683 g/mol. The summed E-state index contributed by atoms with van der Waals surface area (Å²) < 4.78 is 11.3. The molecule has 0 spiro atoms. The Morgan fingerprint density at radius 1 is 0.611 bits per heavy atom. The van der Waals surface area contributed by atoms with Gasteiger partial charge in [0.15, 0.2) is 23.1 Å².